The van der Waals surface area contributed by atoms with Crippen molar-refractivity contribution >= 4 is 5.69 Å². The van der Waals surface area contributed by atoms with Gasteiger partial charge in [0.05, 0.1) is 24.4 Å². The zero-order chi connectivity index (χ0) is 12.3. The highest BCUT2D eigenvalue weighted by Gasteiger charge is 2.22. The molecule has 0 aromatic heterocycles. The molecule has 0 spiro atoms. The van der Waals surface area contributed by atoms with Gasteiger partial charge in [0.25, 0.3) is 0 Å². The third-order valence-corrected chi connectivity index (χ3v) is 2.79. The van der Waals surface area contributed by atoms with Crippen LogP contribution >= 0.6 is 0 Å². The summed E-state index contributed by atoms with van der Waals surface area (Å²) in [6.07, 6.45) is 0. The van der Waals surface area contributed by atoms with Crippen LogP contribution in [0.15, 0.2) is 18.2 Å². The van der Waals surface area contributed by atoms with Crippen LogP contribution in [0, 0.1) is 6.92 Å². The van der Waals surface area contributed by atoms with E-state index < -0.39 is 5.60 Å². The second-order valence-corrected chi connectivity index (χ2v) is 4.72. The fourth-order valence-electron chi connectivity index (χ4n) is 1.34. The number of aliphatic hydroxyl groups is 1. The van der Waals surface area contributed by atoms with E-state index >= 15 is 0 Å². The van der Waals surface area contributed by atoms with Crippen LogP contribution in [0.4, 0.5) is 5.69 Å². The fraction of sp³-hybridized carbons (Fsp3) is 0.538. The average molecular weight is 223 g/mol. The van der Waals surface area contributed by atoms with Crippen molar-refractivity contribution < 1.29 is 9.84 Å². The molecule has 1 aromatic carbocycles. The maximum Gasteiger partial charge on any atom is 0.141 e. The molecule has 0 bridgehead atoms. The molecule has 1 atom stereocenters. The van der Waals surface area contributed by atoms with Gasteiger partial charge in [-0.2, -0.15) is 0 Å². The van der Waals surface area contributed by atoms with E-state index in [1.165, 1.54) is 0 Å². The lowest BCUT2D eigenvalue weighted by atomic mass is 10.0. The van der Waals surface area contributed by atoms with Crippen molar-refractivity contribution in [1.82, 2.24) is 0 Å². The first-order valence-electron chi connectivity index (χ1n) is 5.48. The largest absolute Gasteiger partial charge is 0.495 e. The minimum atomic E-state index is -0.769. The molecule has 0 aliphatic heterocycles. The smallest absolute Gasteiger partial charge is 0.141 e. The summed E-state index contributed by atoms with van der Waals surface area (Å²) in [7, 11) is 1.64. The van der Waals surface area contributed by atoms with Crippen LogP contribution < -0.4 is 10.1 Å². The number of hydrogen-bond donors (Lipinski definition) is 2. The van der Waals surface area contributed by atoms with Crippen LogP contribution in [0.25, 0.3) is 0 Å². The number of methoxy groups -OCH3 is 1. The lowest BCUT2D eigenvalue weighted by molar-refractivity contribution is 0.0648. The van der Waals surface area contributed by atoms with Crippen molar-refractivity contribution in [3.05, 3.63) is 23.8 Å². The Labute approximate surface area is 97.4 Å². The number of anilines is 1. The van der Waals surface area contributed by atoms with Crippen molar-refractivity contribution in [2.45, 2.75) is 39.3 Å². The van der Waals surface area contributed by atoms with Gasteiger partial charge in [-0.3, -0.25) is 0 Å². The predicted molar refractivity (Wildman–Crippen MR) is 67.1 cm³/mol. The quantitative estimate of drug-likeness (QED) is 0.824. The molecule has 2 N–H and O–H groups in total. The van der Waals surface area contributed by atoms with Crippen LogP contribution in [0.5, 0.6) is 5.75 Å². The van der Waals surface area contributed by atoms with Gasteiger partial charge in [0.1, 0.15) is 5.75 Å². The second kappa shape index (κ2) is 4.74. The van der Waals surface area contributed by atoms with Gasteiger partial charge in [0.15, 0.2) is 0 Å². The third kappa shape index (κ3) is 3.14. The van der Waals surface area contributed by atoms with E-state index in [-0.39, 0.29) is 6.04 Å². The summed E-state index contributed by atoms with van der Waals surface area (Å²) in [5.74, 6) is 0.793. The second-order valence-electron chi connectivity index (χ2n) is 4.72. The number of rotatable bonds is 4. The molecule has 0 fully saturated rings. The van der Waals surface area contributed by atoms with E-state index in [1.54, 1.807) is 21.0 Å². The zero-order valence-electron chi connectivity index (χ0n) is 10.7. The Morgan fingerprint density at radius 1 is 1.38 bits per heavy atom. The Balaban J connectivity index is 2.91. The van der Waals surface area contributed by atoms with E-state index in [1.807, 2.05) is 32.0 Å². The molecule has 0 heterocycles. The van der Waals surface area contributed by atoms with E-state index in [0.29, 0.717) is 0 Å². The summed E-state index contributed by atoms with van der Waals surface area (Å²) in [5, 5.41) is 13.1. The van der Waals surface area contributed by atoms with E-state index in [9.17, 15) is 5.11 Å². The van der Waals surface area contributed by atoms with E-state index in [0.717, 1.165) is 17.0 Å². The summed E-state index contributed by atoms with van der Waals surface area (Å²) in [6, 6.07) is 5.89. The minimum Gasteiger partial charge on any atom is -0.495 e. The van der Waals surface area contributed by atoms with E-state index in [2.05, 4.69) is 5.32 Å². The molecule has 0 radical (unpaired) electrons. The van der Waals surface area contributed by atoms with Crippen molar-refractivity contribution in [1.29, 1.82) is 0 Å². The van der Waals surface area contributed by atoms with Crippen LogP contribution in [0.3, 0.4) is 0 Å². The first-order valence-corrected chi connectivity index (χ1v) is 5.48. The van der Waals surface area contributed by atoms with Gasteiger partial charge < -0.3 is 15.2 Å². The number of nitrogens with one attached hydrogen (secondary N) is 1. The normalized spacial score (nSPS) is 13.4. The highest BCUT2D eigenvalue weighted by Crippen LogP contribution is 2.27. The van der Waals surface area contributed by atoms with Gasteiger partial charge in [-0.05, 0) is 45.4 Å². The van der Waals surface area contributed by atoms with Gasteiger partial charge in [-0.1, -0.05) is 6.07 Å². The first-order chi connectivity index (χ1) is 7.34. The molecule has 1 aromatic rings. The monoisotopic (exact) mass is 223 g/mol. The molecule has 0 amide bonds. The van der Waals surface area contributed by atoms with Crippen molar-refractivity contribution in [2.24, 2.45) is 0 Å². The molecular weight excluding hydrogens is 202 g/mol. The Hall–Kier alpha value is -1.22. The molecule has 0 saturated carbocycles. The molecule has 3 nitrogen and oxygen atoms in total. The SMILES string of the molecule is COc1ccc(C)cc1NC(C)C(C)(C)O. The van der Waals surface area contributed by atoms with Crippen molar-refractivity contribution in [2.75, 3.05) is 12.4 Å². The van der Waals surface area contributed by atoms with Gasteiger partial charge in [0.2, 0.25) is 0 Å². The standard InChI is InChI=1S/C13H21NO2/c1-9-6-7-12(16-5)11(8-9)14-10(2)13(3,4)15/h6-8,10,14-15H,1-5H3. The number of ether oxygens (including phenoxy) is 1. The van der Waals surface area contributed by atoms with Crippen LogP contribution in [0.1, 0.15) is 26.3 Å². The Kier molecular flexibility index (Phi) is 3.81. The predicted octanol–water partition coefficient (Wildman–Crippen LogP) is 2.57. The number of hydrogen-bond acceptors (Lipinski definition) is 3. The minimum absolute atomic E-state index is 0.0526. The van der Waals surface area contributed by atoms with Crippen LogP contribution in [0.2, 0.25) is 0 Å². The van der Waals surface area contributed by atoms with Crippen LogP contribution in [-0.2, 0) is 0 Å². The molecule has 1 rings (SSSR count). The maximum atomic E-state index is 9.88. The molecule has 0 aliphatic rings. The Bertz CT molecular complexity index is 355. The third-order valence-electron chi connectivity index (χ3n) is 2.79. The molecule has 16 heavy (non-hydrogen) atoms. The fourth-order valence-corrected chi connectivity index (χ4v) is 1.34. The summed E-state index contributed by atoms with van der Waals surface area (Å²) in [4.78, 5) is 0. The Morgan fingerprint density at radius 2 is 2.00 bits per heavy atom. The van der Waals surface area contributed by atoms with Crippen molar-refractivity contribution in [3.8, 4) is 5.75 Å². The summed E-state index contributed by atoms with van der Waals surface area (Å²) in [6.45, 7) is 7.54. The molecule has 0 saturated heterocycles. The summed E-state index contributed by atoms with van der Waals surface area (Å²) < 4.78 is 5.27. The highest BCUT2D eigenvalue weighted by molar-refractivity contribution is 5.58. The Morgan fingerprint density at radius 3 is 2.50 bits per heavy atom. The summed E-state index contributed by atoms with van der Waals surface area (Å²) >= 11 is 0. The zero-order valence-corrected chi connectivity index (χ0v) is 10.7. The topological polar surface area (TPSA) is 41.5 Å². The molecule has 90 valence electrons. The molecule has 3 heteroatoms. The van der Waals surface area contributed by atoms with Crippen molar-refractivity contribution in [3.63, 3.8) is 0 Å². The molecule has 1 unspecified atom stereocenters. The summed E-state index contributed by atoms with van der Waals surface area (Å²) in [5.41, 5.74) is 1.30. The van der Waals surface area contributed by atoms with E-state index in [4.69, 9.17) is 4.74 Å². The first kappa shape index (κ1) is 12.8. The van der Waals surface area contributed by atoms with Gasteiger partial charge in [-0.15, -0.1) is 0 Å². The van der Waals surface area contributed by atoms with Gasteiger partial charge in [0, 0.05) is 0 Å². The lowest BCUT2D eigenvalue weighted by Gasteiger charge is -2.28. The van der Waals surface area contributed by atoms with Crippen LogP contribution in [-0.4, -0.2) is 23.9 Å². The van der Waals surface area contributed by atoms with Gasteiger partial charge in [-0.25, -0.2) is 0 Å². The maximum absolute atomic E-state index is 9.88. The number of benzene rings is 1. The lowest BCUT2D eigenvalue weighted by Crippen LogP contribution is -2.39. The number of aryl methyl sites for hydroxylation is 1. The molecule has 0 aliphatic carbocycles. The average Bonchev–Trinajstić information content (AvgIpc) is 2.16. The van der Waals surface area contributed by atoms with Gasteiger partial charge >= 0.3 is 0 Å². The molecular formula is C13H21NO2. The highest BCUT2D eigenvalue weighted by atomic mass is 16.5.